The van der Waals surface area contributed by atoms with Crippen LogP contribution in [0.25, 0.3) is 0 Å². The number of carbonyl (C=O) groups is 3. The van der Waals surface area contributed by atoms with Gasteiger partial charge in [-0.25, -0.2) is 4.79 Å². The first-order valence-corrected chi connectivity index (χ1v) is 7.55. The summed E-state index contributed by atoms with van der Waals surface area (Å²) < 4.78 is 47.4. The Morgan fingerprint density at radius 3 is 2.17 bits per heavy atom. The second-order valence-electron chi connectivity index (χ2n) is 6.71. The Morgan fingerprint density at radius 1 is 1.12 bits per heavy atom. The molecule has 0 aromatic carbocycles. The van der Waals surface area contributed by atoms with Crippen molar-refractivity contribution >= 4 is 17.8 Å². The van der Waals surface area contributed by atoms with Crippen LogP contribution in [0.5, 0.6) is 0 Å². The van der Waals surface area contributed by atoms with Crippen LogP contribution in [0.1, 0.15) is 40.0 Å². The summed E-state index contributed by atoms with van der Waals surface area (Å²) in [6, 6.07) is -1.56. The molecule has 0 heterocycles. The van der Waals surface area contributed by atoms with E-state index in [4.69, 9.17) is 4.74 Å². The standard InChI is InChI=1S/C15H22F3NO5/c1-14(2,3)24-12(21)10(19-13(22)15(16,17)18)8-6-5-7-9(8)11(20)23-4/h8-10H,5-7H2,1-4H3,(H,19,22)/t8-,9-,10+/m1/s1. The van der Waals surface area contributed by atoms with Gasteiger partial charge < -0.3 is 14.8 Å². The predicted octanol–water partition coefficient (Wildman–Crippen LogP) is 1.96. The summed E-state index contributed by atoms with van der Waals surface area (Å²) in [5, 5.41) is 1.68. The van der Waals surface area contributed by atoms with E-state index in [-0.39, 0.29) is 0 Å². The van der Waals surface area contributed by atoms with Crippen LogP contribution in [0, 0.1) is 11.8 Å². The molecule has 0 spiro atoms. The highest BCUT2D eigenvalue weighted by molar-refractivity contribution is 5.88. The molecule has 1 aliphatic carbocycles. The van der Waals surface area contributed by atoms with Gasteiger partial charge in [-0.05, 0) is 33.6 Å². The van der Waals surface area contributed by atoms with Crippen LogP contribution in [0.15, 0.2) is 0 Å². The van der Waals surface area contributed by atoms with Crippen LogP contribution in [-0.2, 0) is 23.9 Å². The summed E-state index contributed by atoms with van der Waals surface area (Å²) in [5.41, 5.74) is -0.947. The molecule has 0 bridgehead atoms. The van der Waals surface area contributed by atoms with Gasteiger partial charge in [-0.15, -0.1) is 0 Å². The van der Waals surface area contributed by atoms with Crippen LogP contribution in [0.2, 0.25) is 0 Å². The number of esters is 2. The maximum absolute atomic E-state index is 12.6. The number of hydrogen-bond acceptors (Lipinski definition) is 5. The van der Waals surface area contributed by atoms with E-state index < -0.39 is 47.5 Å². The number of nitrogens with one attached hydrogen (secondary N) is 1. The van der Waals surface area contributed by atoms with Crippen LogP contribution in [0.3, 0.4) is 0 Å². The fourth-order valence-electron chi connectivity index (χ4n) is 2.76. The Bertz CT molecular complexity index is 498. The van der Waals surface area contributed by atoms with Gasteiger partial charge in [0.05, 0.1) is 13.0 Å². The molecule has 9 heteroatoms. The molecule has 6 nitrogen and oxygen atoms in total. The van der Waals surface area contributed by atoms with Gasteiger partial charge in [-0.3, -0.25) is 9.59 Å². The van der Waals surface area contributed by atoms with Crippen molar-refractivity contribution in [3.05, 3.63) is 0 Å². The fraction of sp³-hybridized carbons (Fsp3) is 0.800. The summed E-state index contributed by atoms with van der Waals surface area (Å²) in [7, 11) is 1.16. The number of alkyl halides is 3. The average molecular weight is 353 g/mol. The summed E-state index contributed by atoms with van der Waals surface area (Å²) in [4.78, 5) is 35.4. The Hall–Kier alpha value is -1.80. The molecule has 24 heavy (non-hydrogen) atoms. The monoisotopic (exact) mass is 353 g/mol. The molecular formula is C15H22F3NO5. The van der Waals surface area contributed by atoms with Crippen LogP contribution in [-0.4, -0.2) is 42.8 Å². The number of halogens is 3. The van der Waals surface area contributed by atoms with Gasteiger partial charge in [0.2, 0.25) is 0 Å². The number of amides is 1. The highest BCUT2D eigenvalue weighted by Crippen LogP contribution is 2.36. The molecule has 1 aliphatic rings. The second kappa shape index (κ2) is 7.40. The van der Waals surface area contributed by atoms with Crippen molar-refractivity contribution in [1.82, 2.24) is 5.32 Å². The van der Waals surface area contributed by atoms with Crippen molar-refractivity contribution in [2.45, 2.75) is 57.9 Å². The minimum absolute atomic E-state index is 0.307. The molecule has 0 aliphatic heterocycles. The highest BCUT2D eigenvalue weighted by Gasteiger charge is 2.47. The Balaban J connectivity index is 3.06. The summed E-state index contributed by atoms with van der Waals surface area (Å²) in [5.74, 6) is -5.43. The van der Waals surface area contributed by atoms with Crippen LogP contribution < -0.4 is 5.32 Å². The number of hydrogen-bond donors (Lipinski definition) is 1. The minimum atomic E-state index is -5.14. The first-order chi connectivity index (χ1) is 10.9. The van der Waals surface area contributed by atoms with Gasteiger partial charge in [0, 0.05) is 5.92 Å². The third-order valence-corrected chi connectivity index (χ3v) is 3.71. The number of carbonyl (C=O) groups excluding carboxylic acids is 3. The van der Waals surface area contributed by atoms with E-state index in [1.54, 1.807) is 26.1 Å². The molecular weight excluding hydrogens is 331 g/mol. The first kappa shape index (κ1) is 20.2. The number of rotatable bonds is 4. The molecule has 138 valence electrons. The first-order valence-electron chi connectivity index (χ1n) is 7.55. The smallest absolute Gasteiger partial charge is 0.469 e. The molecule has 0 aromatic rings. The lowest BCUT2D eigenvalue weighted by molar-refractivity contribution is -0.178. The maximum Gasteiger partial charge on any atom is 0.471 e. The van der Waals surface area contributed by atoms with Gasteiger partial charge in [-0.1, -0.05) is 6.42 Å². The number of methoxy groups -OCH3 is 1. The van der Waals surface area contributed by atoms with Gasteiger partial charge in [0.15, 0.2) is 0 Å². The summed E-state index contributed by atoms with van der Waals surface area (Å²) in [6.07, 6.45) is -3.93. The molecule has 1 saturated carbocycles. The SMILES string of the molecule is COC(=O)[C@@H]1CCC[C@H]1[C@H](NC(=O)C(F)(F)F)C(=O)OC(C)(C)C. The zero-order valence-electron chi connectivity index (χ0n) is 14.0. The zero-order valence-corrected chi connectivity index (χ0v) is 14.0. The minimum Gasteiger partial charge on any atom is -0.469 e. The summed E-state index contributed by atoms with van der Waals surface area (Å²) >= 11 is 0. The van der Waals surface area contributed by atoms with E-state index >= 15 is 0 Å². The molecule has 1 rings (SSSR count). The normalized spacial score (nSPS) is 22.6. The lowest BCUT2D eigenvalue weighted by Gasteiger charge is -2.30. The molecule has 1 amide bonds. The molecule has 3 atom stereocenters. The van der Waals surface area contributed by atoms with E-state index in [2.05, 4.69) is 4.74 Å². The molecule has 1 N–H and O–H groups in total. The fourth-order valence-corrected chi connectivity index (χ4v) is 2.76. The average Bonchev–Trinajstić information content (AvgIpc) is 2.89. The van der Waals surface area contributed by atoms with E-state index in [0.29, 0.717) is 19.3 Å². The lowest BCUT2D eigenvalue weighted by Crippen LogP contribution is -2.53. The van der Waals surface area contributed by atoms with Gasteiger partial charge in [0.1, 0.15) is 11.6 Å². The van der Waals surface area contributed by atoms with Crippen LogP contribution in [0.4, 0.5) is 13.2 Å². The molecule has 0 saturated heterocycles. The van der Waals surface area contributed by atoms with Crippen molar-refractivity contribution in [2.75, 3.05) is 7.11 Å². The molecule has 0 unspecified atom stereocenters. The van der Waals surface area contributed by atoms with E-state index in [1.807, 2.05) is 0 Å². The maximum atomic E-state index is 12.6. The van der Waals surface area contributed by atoms with Crippen molar-refractivity contribution in [3.63, 3.8) is 0 Å². The predicted molar refractivity (Wildman–Crippen MR) is 76.7 cm³/mol. The second-order valence-corrected chi connectivity index (χ2v) is 6.71. The summed E-state index contributed by atoms with van der Waals surface area (Å²) in [6.45, 7) is 4.67. The third kappa shape index (κ3) is 5.38. The Kier molecular flexibility index (Phi) is 6.24. The Morgan fingerprint density at radius 2 is 1.71 bits per heavy atom. The van der Waals surface area contributed by atoms with Crippen molar-refractivity contribution in [1.29, 1.82) is 0 Å². The topological polar surface area (TPSA) is 81.7 Å². The van der Waals surface area contributed by atoms with Gasteiger partial charge in [0.25, 0.3) is 0 Å². The van der Waals surface area contributed by atoms with E-state index in [9.17, 15) is 27.6 Å². The Labute approximate surface area is 138 Å². The zero-order chi connectivity index (χ0) is 18.7. The van der Waals surface area contributed by atoms with Gasteiger partial charge in [-0.2, -0.15) is 13.2 Å². The quantitative estimate of drug-likeness (QED) is 0.782. The van der Waals surface area contributed by atoms with Crippen molar-refractivity contribution < 1.29 is 37.0 Å². The highest BCUT2D eigenvalue weighted by atomic mass is 19.4. The van der Waals surface area contributed by atoms with E-state index in [1.165, 1.54) is 0 Å². The third-order valence-electron chi connectivity index (χ3n) is 3.71. The largest absolute Gasteiger partial charge is 0.471 e. The van der Waals surface area contributed by atoms with Gasteiger partial charge >= 0.3 is 24.0 Å². The van der Waals surface area contributed by atoms with Crippen molar-refractivity contribution in [3.8, 4) is 0 Å². The van der Waals surface area contributed by atoms with Crippen LogP contribution >= 0.6 is 0 Å². The molecule has 0 radical (unpaired) electrons. The number of ether oxygens (including phenoxy) is 2. The van der Waals surface area contributed by atoms with Crippen molar-refractivity contribution in [2.24, 2.45) is 11.8 Å². The molecule has 0 aromatic heterocycles. The molecule has 1 fully saturated rings. The van der Waals surface area contributed by atoms with E-state index in [0.717, 1.165) is 7.11 Å². The lowest BCUT2D eigenvalue weighted by atomic mass is 9.88.